The van der Waals surface area contributed by atoms with Crippen molar-refractivity contribution in [1.29, 1.82) is 0 Å². The molecule has 3 nitrogen and oxygen atoms in total. The monoisotopic (exact) mass is 225 g/mol. The number of hydrogen-bond acceptors (Lipinski definition) is 3. The lowest BCUT2D eigenvalue weighted by atomic mass is 10.2. The highest BCUT2D eigenvalue weighted by Crippen LogP contribution is 2.15. The number of rotatable bonds is 8. The Labute approximate surface area is 98.2 Å². The molecule has 1 heterocycles. The summed E-state index contributed by atoms with van der Waals surface area (Å²) in [5.41, 5.74) is 1.24. The van der Waals surface area contributed by atoms with E-state index in [1.54, 1.807) is 0 Å². The van der Waals surface area contributed by atoms with Gasteiger partial charge in [-0.25, -0.2) is 0 Å². The van der Waals surface area contributed by atoms with Gasteiger partial charge in [0.2, 0.25) is 0 Å². The molecule has 92 valence electrons. The van der Waals surface area contributed by atoms with Crippen molar-refractivity contribution in [1.82, 2.24) is 5.32 Å². The van der Waals surface area contributed by atoms with Crippen LogP contribution in [0.15, 0.2) is 10.5 Å². The molecular weight excluding hydrogens is 202 g/mol. The van der Waals surface area contributed by atoms with Crippen LogP contribution >= 0.6 is 0 Å². The van der Waals surface area contributed by atoms with E-state index in [-0.39, 0.29) is 0 Å². The molecule has 0 aliphatic carbocycles. The minimum absolute atomic E-state index is 0.586. The van der Waals surface area contributed by atoms with Gasteiger partial charge >= 0.3 is 0 Å². The van der Waals surface area contributed by atoms with Crippen LogP contribution in [0.3, 0.4) is 0 Å². The van der Waals surface area contributed by atoms with E-state index < -0.39 is 0 Å². The van der Waals surface area contributed by atoms with Crippen LogP contribution in [-0.4, -0.2) is 13.2 Å². The summed E-state index contributed by atoms with van der Waals surface area (Å²) in [6, 6.07) is 2.09. The van der Waals surface area contributed by atoms with Crippen LogP contribution in [0.4, 0.5) is 0 Å². The van der Waals surface area contributed by atoms with E-state index in [1.807, 2.05) is 6.92 Å². The second-order valence-electron chi connectivity index (χ2n) is 4.02. The average molecular weight is 225 g/mol. The Hall–Kier alpha value is -0.800. The Morgan fingerprint density at radius 3 is 2.81 bits per heavy atom. The van der Waals surface area contributed by atoms with Crippen LogP contribution in [0, 0.1) is 6.92 Å². The SMILES string of the molecule is CCCNCc1cc(COCCC)oc1C. The van der Waals surface area contributed by atoms with Gasteiger partial charge in [-0.3, -0.25) is 0 Å². The molecule has 0 unspecified atom stereocenters. The first-order valence-corrected chi connectivity index (χ1v) is 6.14. The summed E-state index contributed by atoms with van der Waals surface area (Å²) in [7, 11) is 0. The molecule has 0 bridgehead atoms. The highest BCUT2D eigenvalue weighted by atomic mass is 16.5. The lowest BCUT2D eigenvalue weighted by Crippen LogP contribution is -2.13. The average Bonchev–Trinajstić information content (AvgIpc) is 2.61. The number of aryl methyl sites for hydroxylation is 1. The minimum Gasteiger partial charge on any atom is -0.464 e. The summed E-state index contributed by atoms with van der Waals surface area (Å²) in [5.74, 6) is 1.93. The second kappa shape index (κ2) is 7.47. The lowest BCUT2D eigenvalue weighted by molar-refractivity contribution is 0.106. The minimum atomic E-state index is 0.586. The van der Waals surface area contributed by atoms with Crippen molar-refractivity contribution in [2.75, 3.05) is 13.2 Å². The molecular formula is C13H23NO2. The topological polar surface area (TPSA) is 34.4 Å². The molecule has 1 N–H and O–H groups in total. The van der Waals surface area contributed by atoms with Crippen molar-refractivity contribution in [3.05, 3.63) is 23.2 Å². The van der Waals surface area contributed by atoms with E-state index in [9.17, 15) is 0 Å². The molecule has 3 heteroatoms. The fraction of sp³-hybridized carbons (Fsp3) is 0.692. The molecule has 0 saturated heterocycles. The Balaban J connectivity index is 2.39. The fourth-order valence-corrected chi connectivity index (χ4v) is 1.55. The zero-order valence-electron chi connectivity index (χ0n) is 10.6. The molecule has 16 heavy (non-hydrogen) atoms. The zero-order valence-corrected chi connectivity index (χ0v) is 10.6. The second-order valence-corrected chi connectivity index (χ2v) is 4.02. The summed E-state index contributed by atoms with van der Waals surface area (Å²) in [6.07, 6.45) is 2.20. The molecule has 1 aromatic heterocycles. The van der Waals surface area contributed by atoms with Crippen LogP contribution in [0.5, 0.6) is 0 Å². The van der Waals surface area contributed by atoms with Crippen LogP contribution in [0.25, 0.3) is 0 Å². The smallest absolute Gasteiger partial charge is 0.130 e. The highest BCUT2D eigenvalue weighted by Gasteiger charge is 2.06. The van der Waals surface area contributed by atoms with Crippen molar-refractivity contribution in [2.24, 2.45) is 0 Å². The summed E-state index contributed by atoms with van der Waals surface area (Å²) >= 11 is 0. The van der Waals surface area contributed by atoms with Crippen molar-refractivity contribution in [3.8, 4) is 0 Å². The number of hydrogen-bond donors (Lipinski definition) is 1. The van der Waals surface area contributed by atoms with Crippen molar-refractivity contribution in [2.45, 2.75) is 46.8 Å². The third kappa shape index (κ3) is 4.37. The summed E-state index contributed by atoms with van der Waals surface area (Å²) in [4.78, 5) is 0. The van der Waals surface area contributed by atoms with Gasteiger partial charge in [0.15, 0.2) is 0 Å². The largest absolute Gasteiger partial charge is 0.464 e. The molecule has 0 amide bonds. The molecule has 1 aromatic rings. The number of ether oxygens (including phenoxy) is 1. The molecule has 0 aromatic carbocycles. The molecule has 0 atom stereocenters. The molecule has 0 aliphatic rings. The Bertz CT molecular complexity index is 294. The van der Waals surface area contributed by atoms with Crippen LogP contribution in [0.1, 0.15) is 43.8 Å². The number of nitrogens with one attached hydrogen (secondary N) is 1. The normalized spacial score (nSPS) is 10.9. The van der Waals surface area contributed by atoms with Gasteiger partial charge in [0.05, 0.1) is 0 Å². The standard InChI is InChI=1S/C13H23NO2/c1-4-6-14-9-12-8-13(16-11(12)3)10-15-7-5-2/h8,14H,4-7,9-10H2,1-3H3. The van der Waals surface area contributed by atoms with E-state index in [2.05, 4.69) is 25.2 Å². The molecule has 0 saturated carbocycles. The summed E-state index contributed by atoms with van der Waals surface area (Å²) < 4.78 is 11.1. The summed E-state index contributed by atoms with van der Waals surface area (Å²) in [6.45, 7) is 9.59. The maximum atomic E-state index is 5.63. The third-order valence-electron chi connectivity index (χ3n) is 2.41. The Morgan fingerprint density at radius 2 is 2.12 bits per heavy atom. The Morgan fingerprint density at radius 1 is 1.31 bits per heavy atom. The zero-order chi connectivity index (χ0) is 11.8. The van der Waals surface area contributed by atoms with Gasteiger partial charge in [-0.15, -0.1) is 0 Å². The van der Waals surface area contributed by atoms with E-state index in [4.69, 9.17) is 9.15 Å². The van der Waals surface area contributed by atoms with Crippen molar-refractivity contribution in [3.63, 3.8) is 0 Å². The molecule has 0 spiro atoms. The Kier molecular flexibility index (Phi) is 6.19. The van der Waals surface area contributed by atoms with Gasteiger partial charge < -0.3 is 14.5 Å². The van der Waals surface area contributed by atoms with Crippen LogP contribution < -0.4 is 5.32 Å². The maximum Gasteiger partial charge on any atom is 0.130 e. The van der Waals surface area contributed by atoms with Gasteiger partial charge in [-0.05, 0) is 32.4 Å². The molecule has 1 rings (SSSR count). The van der Waals surface area contributed by atoms with Crippen LogP contribution in [0.2, 0.25) is 0 Å². The van der Waals surface area contributed by atoms with Gasteiger partial charge in [0.1, 0.15) is 18.1 Å². The van der Waals surface area contributed by atoms with E-state index in [1.165, 1.54) is 5.56 Å². The third-order valence-corrected chi connectivity index (χ3v) is 2.41. The van der Waals surface area contributed by atoms with Crippen molar-refractivity contribution >= 4 is 0 Å². The van der Waals surface area contributed by atoms with Gasteiger partial charge in [-0.1, -0.05) is 13.8 Å². The fourth-order valence-electron chi connectivity index (χ4n) is 1.55. The van der Waals surface area contributed by atoms with Crippen LogP contribution in [-0.2, 0) is 17.9 Å². The summed E-state index contributed by atoms with van der Waals surface area (Å²) in [5, 5.41) is 3.37. The van der Waals surface area contributed by atoms with E-state index >= 15 is 0 Å². The van der Waals surface area contributed by atoms with Gasteiger partial charge in [0, 0.05) is 18.7 Å². The molecule has 0 aliphatic heterocycles. The maximum absolute atomic E-state index is 5.63. The highest BCUT2D eigenvalue weighted by molar-refractivity contribution is 5.20. The van der Waals surface area contributed by atoms with E-state index in [0.717, 1.165) is 44.1 Å². The van der Waals surface area contributed by atoms with Crippen molar-refractivity contribution < 1.29 is 9.15 Å². The predicted octanol–water partition coefficient (Wildman–Crippen LogP) is 3.01. The number of furan rings is 1. The first-order valence-electron chi connectivity index (χ1n) is 6.14. The van der Waals surface area contributed by atoms with E-state index in [0.29, 0.717) is 6.61 Å². The predicted molar refractivity (Wildman–Crippen MR) is 65.4 cm³/mol. The lowest BCUT2D eigenvalue weighted by Gasteiger charge is -1.99. The first kappa shape index (κ1) is 13.3. The quantitative estimate of drug-likeness (QED) is 0.691. The first-order chi connectivity index (χ1) is 7.77. The molecule has 0 radical (unpaired) electrons. The van der Waals surface area contributed by atoms with Gasteiger partial charge in [-0.2, -0.15) is 0 Å². The van der Waals surface area contributed by atoms with Gasteiger partial charge in [0.25, 0.3) is 0 Å². The molecule has 0 fully saturated rings.